The lowest BCUT2D eigenvalue weighted by molar-refractivity contribution is -0.118. The second kappa shape index (κ2) is 4.32. The van der Waals surface area contributed by atoms with E-state index in [1.165, 1.54) is 0 Å². The number of halogens is 2. The van der Waals surface area contributed by atoms with Crippen LogP contribution in [0.3, 0.4) is 0 Å². The van der Waals surface area contributed by atoms with E-state index in [1.807, 2.05) is 0 Å². The van der Waals surface area contributed by atoms with Gasteiger partial charge in [0.1, 0.15) is 0 Å². The van der Waals surface area contributed by atoms with Crippen molar-refractivity contribution in [1.82, 2.24) is 0 Å². The van der Waals surface area contributed by atoms with E-state index in [-0.39, 0.29) is 16.5 Å². The molecule has 1 nitrogen and oxygen atoms in total. The Hall–Kier alpha value is 0.250. The zero-order chi connectivity index (χ0) is 8.27. The van der Waals surface area contributed by atoms with Crippen LogP contribution in [0.15, 0.2) is 0 Å². The summed E-state index contributed by atoms with van der Waals surface area (Å²) in [5, 5.41) is -0.671. The van der Waals surface area contributed by atoms with Crippen LogP contribution in [-0.2, 0) is 4.79 Å². The predicted octanol–water partition coefficient (Wildman–Crippen LogP) is 2.73. The summed E-state index contributed by atoms with van der Waals surface area (Å²) in [6.45, 7) is 0. The quantitative estimate of drug-likeness (QED) is 0.543. The van der Waals surface area contributed by atoms with Gasteiger partial charge < -0.3 is 0 Å². The highest BCUT2D eigenvalue weighted by Gasteiger charge is 2.24. The lowest BCUT2D eigenvalue weighted by Crippen LogP contribution is -2.26. The van der Waals surface area contributed by atoms with Gasteiger partial charge in [-0.2, -0.15) is 0 Å². The Balaban J connectivity index is 2.49. The Morgan fingerprint density at radius 3 is 1.91 bits per heavy atom. The summed E-state index contributed by atoms with van der Waals surface area (Å²) in [6, 6.07) is 0. The molecule has 11 heavy (non-hydrogen) atoms. The predicted molar refractivity (Wildman–Crippen MR) is 47.4 cm³/mol. The van der Waals surface area contributed by atoms with Crippen LogP contribution in [0.1, 0.15) is 32.1 Å². The van der Waals surface area contributed by atoms with Crippen molar-refractivity contribution in [3.05, 3.63) is 0 Å². The molecule has 2 atom stereocenters. The fraction of sp³-hybridized carbons (Fsp3) is 0.875. The van der Waals surface area contributed by atoms with E-state index in [2.05, 4.69) is 0 Å². The summed E-state index contributed by atoms with van der Waals surface area (Å²) >= 11 is 11.6. The zero-order valence-corrected chi connectivity index (χ0v) is 7.87. The highest BCUT2D eigenvalue weighted by molar-refractivity contribution is 6.40. The lowest BCUT2D eigenvalue weighted by atomic mass is 9.99. The number of rotatable bonds is 0. The zero-order valence-electron chi connectivity index (χ0n) is 6.35. The first-order chi connectivity index (χ1) is 5.22. The van der Waals surface area contributed by atoms with Gasteiger partial charge in [-0.25, -0.2) is 0 Å². The van der Waals surface area contributed by atoms with Gasteiger partial charge in [-0.3, -0.25) is 4.79 Å². The Morgan fingerprint density at radius 1 is 1.00 bits per heavy atom. The fourth-order valence-corrected chi connectivity index (χ4v) is 1.98. The van der Waals surface area contributed by atoms with Crippen molar-refractivity contribution in [1.29, 1.82) is 0 Å². The standard InChI is InChI=1S/C8H12Cl2O/c9-6-4-2-1-3-5-7(10)8(6)11/h6-7H,1-5H2/t6-,7+. The molecule has 3 heteroatoms. The van der Waals surface area contributed by atoms with Crippen molar-refractivity contribution in [2.75, 3.05) is 0 Å². The van der Waals surface area contributed by atoms with E-state index in [4.69, 9.17) is 23.2 Å². The van der Waals surface area contributed by atoms with E-state index >= 15 is 0 Å². The number of Topliss-reactive ketones (excluding diaryl/α,β-unsaturated/α-hetero) is 1. The molecule has 0 aromatic carbocycles. The first kappa shape index (κ1) is 9.34. The van der Waals surface area contributed by atoms with Crippen LogP contribution in [0.25, 0.3) is 0 Å². The van der Waals surface area contributed by atoms with Crippen molar-refractivity contribution in [3.8, 4) is 0 Å². The van der Waals surface area contributed by atoms with Gasteiger partial charge in [0.15, 0.2) is 5.78 Å². The van der Waals surface area contributed by atoms with E-state index in [0.717, 1.165) is 32.1 Å². The summed E-state index contributed by atoms with van der Waals surface area (Å²) < 4.78 is 0. The van der Waals surface area contributed by atoms with Crippen molar-refractivity contribution < 1.29 is 4.79 Å². The second-order valence-electron chi connectivity index (χ2n) is 2.98. The van der Waals surface area contributed by atoms with Gasteiger partial charge >= 0.3 is 0 Å². The summed E-state index contributed by atoms with van der Waals surface area (Å²) in [6.07, 6.45) is 4.86. The molecule has 0 radical (unpaired) electrons. The molecule has 0 bridgehead atoms. The SMILES string of the molecule is O=C1[C@H](Cl)CCCCC[C@@H]1Cl. The molecule has 0 unspecified atom stereocenters. The number of alkyl halides is 2. The topological polar surface area (TPSA) is 17.1 Å². The van der Waals surface area contributed by atoms with E-state index in [0.29, 0.717) is 0 Å². The molecule has 0 amide bonds. The minimum absolute atomic E-state index is 0.0213. The molecule has 0 spiro atoms. The van der Waals surface area contributed by atoms with E-state index in [1.54, 1.807) is 0 Å². The Labute approximate surface area is 77.1 Å². The van der Waals surface area contributed by atoms with Crippen LogP contribution in [0.4, 0.5) is 0 Å². The summed E-state index contributed by atoms with van der Waals surface area (Å²) in [7, 11) is 0. The van der Waals surface area contributed by atoms with Gasteiger partial charge in [-0.05, 0) is 12.8 Å². The highest BCUT2D eigenvalue weighted by Crippen LogP contribution is 2.21. The average Bonchev–Trinajstić information content (AvgIpc) is 2.00. The van der Waals surface area contributed by atoms with Crippen molar-refractivity contribution in [2.45, 2.75) is 42.9 Å². The van der Waals surface area contributed by atoms with Gasteiger partial charge in [-0.15, -0.1) is 23.2 Å². The molecule has 1 saturated carbocycles. The molecule has 1 fully saturated rings. The third kappa shape index (κ3) is 2.64. The largest absolute Gasteiger partial charge is 0.296 e. The van der Waals surface area contributed by atoms with Gasteiger partial charge in [0.25, 0.3) is 0 Å². The summed E-state index contributed by atoms with van der Waals surface area (Å²) in [4.78, 5) is 11.2. The van der Waals surface area contributed by atoms with E-state index < -0.39 is 0 Å². The second-order valence-corrected chi connectivity index (χ2v) is 4.03. The maximum absolute atomic E-state index is 11.2. The molecule has 1 aliphatic rings. The summed E-state index contributed by atoms with van der Waals surface area (Å²) in [5.41, 5.74) is 0. The first-order valence-corrected chi connectivity index (χ1v) is 4.91. The van der Waals surface area contributed by atoms with Crippen molar-refractivity contribution >= 4 is 29.0 Å². The summed E-state index contributed by atoms with van der Waals surface area (Å²) in [5.74, 6) is 0.0213. The molecule has 0 N–H and O–H groups in total. The molecular formula is C8H12Cl2O. The third-order valence-electron chi connectivity index (χ3n) is 2.03. The molecule has 1 rings (SSSR count). The van der Waals surface area contributed by atoms with Crippen LogP contribution in [0, 0.1) is 0 Å². The molecule has 1 aliphatic carbocycles. The molecule has 0 aromatic rings. The minimum atomic E-state index is -0.335. The average molecular weight is 195 g/mol. The number of carbonyl (C=O) groups excluding carboxylic acids is 1. The number of ketones is 1. The van der Waals surface area contributed by atoms with Gasteiger partial charge in [0, 0.05) is 0 Å². The molecule has 0 aromatic heterocycles. The Kier molecular flexibility index (Phi) is 3.67. The van der Waals surface area contributed by atoms with Crippen LogP contribution in [0.5, 0.6) is 0 Å². The smallest absolute Gasteiger partial charge is 0.168 e. The first-order valence-electron chi connectivity index (χ1n) is 4.03. The third-order valence-corrected chi connectivity index (χ3v) is 2.90. The lowest BCUT2D eigenvalue weighted by Gasteiger charge is -2.16. The van der Waals surface area contributed by atoms with Gasteiger partial charge in [0.2, 0.25) is 0 Å². The minimum Gasteiger partial charge on any atom is -0.296 e. The maximum Gasteiger partial charge on any atom is 0.168 e. The van der Waals surface area contributed by atoms with E-state index in [9.17, 15) is 4.79 Å². The van der Waals surface area contributed by atoms with Crippen LogP contribution in [0.2, 0.25) is 0 Å². The monoisotopic (exact) mass is 194 g/mol. The van der Waals surface area contributed by atoms with Gasteiger partial charge in [0.05, 0.1) is 10.8 Å². The van der Waals surface area contributed by atoms with Crippen LogP contribution >= 0.6 is 23.2 Å². The normalized spacial score (nSPS) is 34.5. The fourth-order valence-electron chi connectivity index (χ4n) is 1.30. The number of hydrogen-bond donors (Lipinski definition) is 0. The van der Waals surface area contributed by atoms with Crippen LogP contribution < -0.4 is 0 Å². The molecule has 0 aliphatic heterocycles. The molecule has 0 saturated heterocycles. The maximum atomic E-state index is 11.2. The number of hydrogen-bond acceptors (Lipinski definition) is 1. The number of carbonyl (C=O) groups is 1. The van der Waals surface area contributed by atoms with Crippen molar-refractivity contribution in [2.24, 2.45) is 0 Å². The van der Waals surface area contributed by atoms with Crippen molar-refractivity contribution in [3.63, 3.8) is 0 Å². The molecule has 64 valence electrons. The highest BCUT2D eigenvalue weighted by atomic mass is 35.5. The Bertz CT molecular complexity index is 133. The molecular weight excluding hydrogens is 183 g/mol. The molecule has 0 heterocycles. The Morgan fingerprint density at radius 2 is 1.45 bits per heavy atom. The van der Waals surface area contributed by atoms with Crippen LogP contribution in [-0.4, -0.2) is 16.5 Å². The van der Waals surface area contributed by atoms with Gasteiger partial charge in [-0.1, -0.05) is 19.3 Å².